The van der Waals surface area contributed by atoms with Gasteiger partial charge in [-0.05, 0) is 79.5 Å². The number of thioether (sulfide) groups is 2. The summed E-state index contributed by atoms with van der Waals surface area (Å²) in [5.41, 5.74) is 3.19. The number of ketones is 3. The number of unbranched alkanes of at least 4 members (excludes halogenated alkanes) is 9. The van der Waals surface area contributed by atoms with Gasteiger partial charge in [-0.25, -0.2) is 4.98 Å². The fraction of sp³-hybridized carbons (Fsp3) is 0.528. The highest BCUT2D eigenvalue weighted by molar-refractivity contribution is 7.99. The third-order valence-electron chi connectivity index (χ3n) is 15.7. The minimum Gasteiger partial charge on any atom is -0.389 e. The van der Waals surface area contributed by atoms with Crippen LogP contribution in [0.3, 0.4) is 0 Å². The number of carbonyl (C=O) groups excluding carboxylic acids is 6. The summed E-state index contributed by atoms with van der Waals surface area (Å²) in [5.74, 6) is 1.20. The lowest BCUT2D eigenvalue weighted by atomic mass is 10.0. The van der Waals surface area contributed by atoms with Crippen molar-refractivity contribution in [2.45, 2.75) is 214 Å². The maximum absolute atomic E-state index is 12.5. The Morgan fingerprint density at radius 1 is 0.447 bits per heavy atom. The molecule has 94 heavy (non-hydrogen) atoms. The smallest absolute Gasteiger partial charge is 0.241 e. The zero-order valence-corrected chi connectivity index (χ0v) is 56.1. The van der Waals surface area contributed by atoms with E-state index >= 15 is 0 Å². The van der Waals surface area contributed by atoms with E-state index < -0.39 is 32.5 Å². The Bertz CT molecular complexity index is 2770. The van der Waals surface area contributed by atoms with E-state index in [1.807, 2.05) is 128 Å². The van der Waals surface area contributed by atoms with Gasteiger partial charge in [-0.3, -0.25) is 33.8 Å². The van der Waals surface area contributed by atoms with Crippen LogP contribution in [0.15, 0.2) is 150 Å². The molecule has 512 valence electrons. The molecule has 0 bridgehead atoms. The average Bonchev–Trinajstić information content (AvgIpc) is 0.926. The van der Waals surface area contributed by atoms with Gasteiger partial charge < -0.3 is 59.3 Å². The van der Waals surface area contributed by atoms with Crippen molar-refractivity contribution in [2.24, 2.45) is 0 Å². The summed E-state index contributed by atoms with van der Waals surface area (Å²) in [6.45, 7) is 1.55. The standard InChI is InChI=1S/C26H34N2O4S.C25H32N2O5S.C21H31NO6/c1-2-21(29)12-8-3-4-9-13-25(30)28-26-31-22(19-33-23-14-16-27-17-15-23)18-24(32-26)20-10-6-5-7-11-20;28-17-20(29)12-6-1-2-7-13-23(30)27-25-31-21(18-33-24-14-8-9-15-26-24)16-22(32-25)19-10-4-3-5-11-19;1-26-15-18-13-19(16-9-5-4-6-10-16)28-21(27-18)22-20(25)12-8-3-2-7-11-17(24)14-23/h5-7,10-11,14-17,22,24,26H,2-4,8-9,12-13,18-19H2,1H3,(H,28,30);3-5,8-11,14-15,21-22,25,28H,1-2,6-7,12-13,16-18H2,(H,27,30);4-6,9-10,18-19,21,23H,2-3,7-8,11-15H2,1H3,(H,22,25). The molecular weight excluding hydrogens is 1240 g/mol. The van der Waals surface area contributed by atoms with Crippen molar-refractivity contribution in [1.29, 1.82) is 0 Å². The van der Waals surface area contributed by atoms with E-state index in [1.54, 1.807) is 49.2 Å². The molecule has 0 aliphatic carbocycles. The molecule has 0 saturated carbocycles. The maximum atomic E-state index is 12.5. The molecule has 22 heteroatoms. The van der Waals surface area contributed by atoms with Gasteiger partial charge in [0.2, 0.25) is 37.0 Å². The lowest BCUT2D eigenvalue weighted by molar-refractivity contribution is -0.262. The van der Waals surface area contributed by atoms with Gasteiger partial charge in [0.1, 0.15) is 19.0 Å². The highest BCUT2D eigenvalue weighted by Crippen LogP contribution is 2.35. The minimum atomic E-state index is -0.798. The van der Waals surface area contributed by atoms with E-state index in [2.05, 4.69) is 25.9 Å². The molecule has 3 amide bonds. The highest BCUT2D eigenvalue weighted by atomic mass is 32.2. The number of rotatable bonds is 38. The zero-order chi connectivity index (χ0) is 66.8. The Morgan fingerprint density at radius 3 is 1.20 bits per heavy atom. The largest absolute Gasteiger partial charge is 0.389 e. The molecule has 9 unspecified atom stereocenters. The van der Waals surface area contributed by atoms with Crippen LogP contribution in [0.2, 0.25) is 0 Å². The van der Waals surface area contributed by atoms with Crippen molar-refractivity contribution in [1.82, 2.24) is 25.9 Å². The molecule has 3 aromatic carbocycles. The molecule has 3 saturated heterocycles. The molecular formula is C72H97N5O15S2. The molecule has 5 aromatic rings. The van der Waals surface area contributed by atoms with Crippen LogP contribution in [0.1, 0.15) is 183 Å². The number of aliphatic hydroxyl groups is 2. The van der Waals surface area contributed by atoms with Gasteiger partial charge in [-0.1, -0.05) is 143 Å². The van der Waals surface area contributed by atoms with E-state index in [0.29, 0.717) is 75.9 Å². The number of amides is 3. The topological polar surface area (TPSA) is 269 Å². The Hall–Kier alpha value is -6.28. The fourth-order valence-corrected chi connectivity index (χ4v) is 12.3. The molecule has 9 atom stereocenters. The molecule has 5 heterocycles. The molecule has 3 aliphatic heterocycles. The Kier molecular flexibility index (Phi) is 37.5. The second-order valence-corrected chi connectivity index (χ2v) is 25.4. The summed E-state index contributed by atoms with van der Waals surface area (Å²) < 4.78 is 41.2. The van der Waals surface area contributed by atoms with Crippen molar-refractivity contribution in [2.75, 3.05) is 38.4 Å². The van der Waals surface area contributed by atoms with Crippen LogP contribution in [-0.2, 0) is 61.9 Å². The molecule has 3 fully saturated rings. The Balaban J connectivity index is 0.000000224. The molecule has 0 radical (unpaired) electrons. The fourth-order valence-electron chi connectivity index (χ4n) is 10.5. The quantitative estimate of drug-likeness (QED) is 0.0181. The maximum Gasteiger partial charge on any atom is 0.241 e. The summed E-state index contributed by atoms with van der Waals surface area (Å²) in [5, 5.41) is 26.9. The van der Waals surface area contributed by atoms with Crippen LogP contribution in [0.4, 0.5) is 0 Å². The van der Waals surface area contributed by atoms with Crippen molar-refractivity contribution in [3.05, 3.63) is 157 Å². The summed E-state index contributed by atoms with van der Waals surface area (Å²) in [7, 11) is 1.62. The second-order valence-electron chi connectivity index (χ2n) is 23.2. The van der Waals surface area contributed by atoms with Crippen molar-refractivity contribution >= 4 is 58.6 Å². The number of Topliss-reactive ketones (excluding diaryl/α,β-unsaturated/α-hetero) is 3. The van der Waals surface area contributed by atoms with E-state index in [-0.39, 0.29) is 65.9 Å². The number of methoxy groups -OCH3 is 1. The van der Waals surface area contributed by atoms with Crippen LogP contribution in [0.5, 0.6) is 0 Å². The number of benzene rings is 3. The molecule has 2 aromatic heterocycles. The first-order valence-electron chi connectivity index (χ1n) is 33.2. The SMILES string of the molecule is CCC(=O)CCCCCCC(=O)NC1OC(CSc2ccncc2)CC(c2ccccc2)O1.COCC1CC(c2ccccc2)OC(NC(=O)CCCCCCC(=O)CO)O1.O=C(CO)CCCCCCC(=O)NC1OC(CSc2ccccn2)CC(c2ccccc2)O1. The third kappa shape index (κ3) is 31.5. The van der Waals surface area contributed by atoms with Crippen molar-refractivity contribution in [3.8, 4) is 0 Å². The van der Waals surface area contributed by atoms with E-state index in [4.69, 9.17) is 43.4 Å². The minimum absolute atomic E-state index is 0.0523. The Labute approximate surface area is 562 Å². The molecule has 8 rings (SSSR count). The van der Waals surface area contributed by atoms with Gasteiger partial charge >= 0.3 is 0 Å². The van der Waals surface area contributed by atoms with Gasteiger partial charge in [0.25, 0.3) is 0 Å². The van der Waals surface area contributed by atoms with E-state index in [0.717, 1.165) is 116 Å². The number of aromatic nitrogens is 2. The normalized spacial score (nSPS) is 20.8. The third-order valence-corrected chi connectivity index (χ3v) is 17.9. The number of pyridine rings is 2. The predicted molar refractivity (Wildman–Crippen MR) is 359 cm³/mol. The molecule has 0 spiro atoms. The number of nitrogens with one attached hydrogen (secondary N) is 3. The van der Waals surface area contributed by atoms with Crippen LogP contribution < -0.4 is 16.0 Å². The van der Waals surface area contributed by atoms with Gasteiger partial charge in [0.05, 0.1) is 48.3 Å². The Morgan fingerprint density at radius 2 is 0.819 bits per heavy atom. The number of hydrogen-bond donors (Lipinski definition) is 5. The zero-order valence-electron chi connectivity index (χ0n) is 54.5. The van der Waals surface area contributed by atoms with Crippen LogP contribution in [-0.4, -0.2) is 131 Å². The summed E-state index contributed by atoms with van der Waals surface area (Å²) in [4.78, 5) is 80.2. The first-order valence-corrected chi connectivity index (χ1v) is 35.1. The van der Waals surface area contributed by atoms with Gasteiger partial charge in [0, 0.05) is 106 Å². The van der Waals surface area contributed by atoms with Gasteiger partial charge in [0.15, 0.2) is 11.6 Å². The molecule has 3 aliphatic rings. The number of aliphatic hydroxyl groups excluding tert-OH is 2. The average molecular weight is 1340 g/mol. The lowest BCUT2D eigenvalue weighted by Crippen LogP contribution is -2.46. The van der Waals surface area contributed by atoms with Crippen molar-refractivity contribution < 1.29 is 72.1 Å². The number of hydrogen-bond acceptors (Lipinski definition) is 19. The lowest BCUT2D eigenvalue weighted by Gasteiger charge is -2.36. The number of carbonyl (C=O) groups is 6. The first kappa shape index (κ1) is 76.7. The number of nitrogens with zero attached hydrogens (tertiary/aromatic N) is 2. The van der Waals surface area contributed by atoms with E-state index in [9.17, 15) is 28.8 Å². The molecule has 5 N–H and O–H groups in total. The number of ether oxygens (including phenoxy) is 7. The van der Waals surface area contributed by atoms with E-state index in [1.165, 1.54) is 0 Å². The summed E-state index contributed by atoms with van der Waals surface area (Å²) in [6, 6.07) is 39.7. The second kappa shape index (κ2) is 46.0. The van der Waals surface area contributed by atoms with Crippen LogP contribution in [0.25, 0.3) is 0 Å². The first-order chi connectivity index (χ1) is 45.9. The predicted octanol–water partition coefficient (Wildman–Crippen LogP) is 11.9. The summed E-state index contributed by atoms with van der Waals surface area (Å²) in [6.07, 6.45) is 17.5. The van der Waals surface area contributed by atoms with Crippen LogP contribution in [0, 0.1) is 0 Å². The van der Waals surface area contributed by atoms with Gasteiger partial charge in [-0.2, -0.15) is 0 Å². The van der Waals surface area contributed by atoms with Gasteiger partial charge in [-0.15, -0.1) is 23.5 Å². The van der Waals surface area contributed by atoms with Crippen LogP contribution >= 0.6 is 23.5 Å². The molecule has 20 nitrogen and oxygen atoms in total. The van der Waals surface area contributed by atoms with Crippen molar-refractivity contribution in [3.63, 3.8) is 0 Å². The monoisotopic (exact) mass is 1340 g/mol. The highest BCUT2D eigenvalue weighted by Gasteiger charge is 2.35. The summed E-state index contributed by atoms with van der Waals surface area (Å²) >= 11 is 3.34.